The molecule has 1 rings (SSSR count). The fourth-order valence-electron chi connectivity index (χ4n) is 1.32. The van der Waals surface area contributed by atoms with Crippen LogP contribution < -0.4 is 10.1 Å². The molecule has 1 atom stereocenters. The fraction of sp³-hybridized carbons (Fsp3) is 0.455. The number of aliphatic hydroxyl groups is 1. The van der Waals surface area contributed by atoms with E-state index in [9.17, 15) is 4.39 Å². The lowest BCUT2D eigenvalue weighted by molar-refractivity contribution is 0.194. The van der Waals surface area contributed by atoms with E-state index in [1.54, 1.807) is 19.2 Å². The lowest BCUT2D eigenvalue weighted by atomic mass is 10.1. The van der Waals surface area contributed by atoms with Crippen LogP contribution in [0.25, 0.3) is 0 Å². The van der Waals surface area contributed by atoms with E-state index in [1.165, 1.54) is 6.07 Å². The maximum absolute atomic E-state index is 13.4. The van der Waals surface area contributed by atoms with Crippen molar-refractivity contribution >= 4 is 0 Å². The molecule has 0 radical (unpaired) electrons. The summed E-state index contributed by atoms with van der Waals surface area (Å²) in [5.41, 5.74) is 0.756. The van der Waals surface area contributed by atoms with Gasteiger partial charge in [0.25, 0.3) is 0 Å². The third-order valence-corrected chi connectivity index (χ3v) is 2.23. The van der Waals surface area contributed by atoms with Crippen molar-refractivity contribution in [1.29, 1.82) is 0 Å². The zero-order chi connectivity index (χ0) is 11.3. The first-order valence-corrected chi connectivity index (χ1v) is 4.90. The van der Waals surface area contributed by atoms with Crippen molar-refractivity contribution in [3.8, 4) is 5.75 Å². The van der Waals surface area contributed by atoms with Gasteiger partial charge in [-0.05, 0) is 20.0 Å². The Labute approximate surface area is 88.9 Å². The highest BCUT2D eigenvalue weighted by atomic mass is 19.1. The Bertz CT molecular complexity index is 317. The van der Waals surface area contributed by atoms with Crippen LogP contribution in [-0.4, -0.2) is 25.4 Å². The molecule has 0 amide bonds. The molecule has 0 saturated heterocycles. The van der Waals surface area contributed by atoms with Gasteiger partial charge in [0.15, 0.2) is 11.6 Å². The molecule has 0 aromatic heterocycles. The predicted molar refractivity (Wildman–Crippen MR) is 56.5 cm³/mol. The summed E-state index contributed by atoms with van der Waals surface area (Å²) in [5, 5.41) is 11.7. The molecule has 2 N–H and O–H groups in total. The Morgan fingerprint density at radius 1 is 1.53 bits per heavy atom. The lowest BCUT2D eigenvalue weighted by Crippen LogP contribution is -2.15. The molecule has 1 unspecified atom stereocenters. The van der Waals surface area contributed by atoms with Crippen molar-refractivity contribution in [2.75, 3.05) is 20.3 Å². The molecule has 0 aliphatic carbocycles. The Kier molecular flexibility index (Phi) is 4.52. The van der Waals surface area contributed by atoms with Crippen LogP contribution in [-0.2, 0) is 0 Å². The smallest absolute Gasteiger partial charge is 0.165 e. The minimum Gasteiger partial charge on any atom is -0.488 e. The van der Waals surface area contributed by atoms with Gasteiger partial charge in [0.2, 0.25) is 0 Å². The van der Waals surface area contributed by atoms with Gasteiger partial charge in [-0.25, -0.2) is 4.39 Å². The van der Waals surface area contributed by atoms with Crippen LogP contribution in [0.3, 0.4) is 0 Å². The molecule has 15 heavy (non-hydrogen) atoms. The molecule has 84 valence electrons. The van der Waals surface area contributed by atoms with Crippen molar-refractivity contribution in [3.05, 3.63) is 29.6 Å². The van der Waals surface area contributed by atoms with E-state index in [0.29, 0.717) is 0 Å². The van der Waals surface area contributed by atoms with E-state index in [2.05, 4.69) is 5.32 Å². The summed E-state index contributed by atoms with van der Waals surface area (Å²) in [6, 6.07) is 4.80. The average Bonchev–Trinajstić information content (AvgIpc) is 2.26. The van der Waals surface area contributed by atoms with Crippen LogP contribution in [0.1, 0.15) is 18.5 Å². The van der Waals surface area contributed by atoms with Gasteiger partial charge < -0.3 is 15.2 Å². The van der Waals surface area contributed by atoms with E-state index in [4.69, 9.17) is 9.84 Å². The Balaban J connectivity index is 2.97. The van der Waals surface area contributed by atoms with Crippen LogP contribution >= 0.6 is 0 Å². The number of rotatable bonds is 5. The van der Waals surface area contributed by atoms with Gasteiger partial charge >= 0.3 is 0 Å². The van der Waals surface area contributed by atoms with E-state index in [1.807, 2.05) is 6.92 Å². The van der Waals surface area contributed by atoms with Crippen molar-refractivity contribution in [2.45, 2.75) is 13.0 Å². The van der Waals surface area contributed by atoms with Gasteiger partial charge in [0.05, 0.1) is 6.61 Å². The Hall–Kier alpha value is -1.13. The summed E-state index contributed by atoms with van der Waals surface area (Å²) >= 11 is 0. The summed E-state index contributed by atoms with van der Waals surface area (Å²) in [5.74, 6) is -0.184. The fourth-order valence-corrected chi connectivity index (χ4v) is 1.32. The second-order valence-electron chi connectivity index (χ2n) is 3.24. The number of halogens is 1. The number of hydrogen-bond donors (Lipinski definition) is 2. The van der Waals surface area contributed by atoms with Gasteiger partial charge in [0.1, 0.15) is 6.61 Å². The number of benzene rings is 1. The molecule has 0 heterocycles. The van der Waals surface area contributed by atoms with Crippen LogP contribution in [0, 0.1) is 5.82 Å². The average molecular weight is 213 g/mol. The highest BCUT2D eigenvalue weighted by Gasteiger charge is 2.13. The minimum atomic E-state index is -0.400. The van der Waals surface area contributed by atoms with E-state index in [-0.39, 0.29) is 25.0 Å². The van der Waals surface area contributed by atoms with E-state index >= 15 is 0 Å². The second kappa shape index (κ2) is 5.68. The summed E-state index contributed by atoms with van der Waals surface area (Å²) in [6.45, 7) is 1.90. The predicted octanol–water partition coefficient (Wildman–Crippen LogP) is 1.48. The number of hydrogen-bond acceptors (Lipinski definition) is 3. The number of nitrogens with one attached hydrogen (secondary N) is 1. The molecule has 1 aromatic carbocycles. The maximum Gasteiger partial charge on any atom is 0.165 e. The summed E-state index contributed by atoms with van der Waals surface area (Å²) in [4.78, 5) is 0. The van der Waals surface area contributed by atoms with Gasteiger partial charge in [-0.1, -0.05) is 12.1 Å². The lowest BCUT2D eigenvalue weighted by Gasteiger charge is -2.16. The molecule has 0 aliphatic rings. The van der Waals surface area contributed by atoms with Crippen molar-refractivity contribution in [3.63, 3.8) is 0 Å². The molecular formula is C11H16FNO2. The van der Waals surface area contributed by atoms with Crippen LogP contribution in [0.4, 0.5) is 4.39 Å². The topological polar surface area (TPSA) is 41.5 Å². The Morgan fingerprint density at radius 3 is 2.87 bits per heavy atom. The van der Waals surface area contributed by atoms with E-state index in [0.717, 1.165) is 5.56 Å². The monoisotopic (exact) mass is 213 g/mol. The minimum absolute atomic E-state index is 0.00870. The van der Waals surface area contributed by atoms with Crippen molar-refractivity contribution in [2.24, 2.45) is 0 Å². The summed E-state index contributed by atoms with van der Waals surface area (Å²) in [6.07, 6.45) is 0. The molecular weight excluding hydrogens is 197 g/mol. The standard InChI is InChI=1S/C11H16FNO2/c1-8(13-2)9-4-3-5-10(12)11(9)15-7-6-14/h3-5,8,13-14H,6-7H2,1-2H3. The molecule has 0 fully saturated rings. The van der Waals surface area contributed by atoms with Gasteiger partial charge in [-0.2, -0.15) is 0 Å². The third-order valence-electron chi connectivity index (χ3n) is 2.23. The molecule has 1 aromatic rings. The first-order chi connectivity index (χ1) is 7.20. The van der Waals surface area contributed by atoms with Gasteiger partial charge in [-0.15, -0.1) is 0 Å². The zero-order valence-electron chi connectivity index (χ0n) is 8.96. The third kappa shape index (κ3) is 2.91. The largest absolute Gasteiger partial charge is 0.488 e. The highest BCUT2D eigenvalue weighted by Crippen LogP contribution is 2.27. The molecule has 0 spiro atoms. The number of ether oxygens (including phenoxy) is 1. The first kappa shape index (κ1) is 11.9. The van der Waals surface area contributed by atoms with Crippen molar-refractivity contribution < 1.29 is 14.2 Å². The van der Waals surface area contributed by atoms with Gasteiger partial charge in [0, 0.05) is 11.6 Å². The zero-order valence-corrected chi connectivity index (χ0v) is 8.96. The summed E-state index contributed by atoms with van der Waals surface area (Å²) < 4.78 is 18.6. The van der Waals surface area contributed by atoms with Crippen LogP contribution in [0.15, 0.2) is 18.2 Å². The molecule has 4 heteroatoms. The van der Waals surface area contributed by atoms with Crippen LogP contribution in [0.5, 0.6) is 5.75 Å². The SMILES string of the molecule is CNC(C)c1cccc(F)c1OCCO. The number of aliphatic hydroxyl groups excluding tert-OH is 1. The summed E-state index contributed by atoms with van der Waals surface area (Å²) in [7, 11) is 1.80. The molecule has 0 aliphatic heterocycles. The van der Waals surface area contributed by atoms with Crippen molar-refractivity contribution in [1.82, 2.24) is 5.32 Å². The maximum atomic E-state index is 13.4. The van der Waals surface area contributed by atoms with E-state index < -0.39 is 5.82 Å². The van der Waals surface area contributed by atoms with Crippen LogP contribution in [0.2, 0.25) is 0 Å². The number of para-hydroxylation sites is 1. The first-order valence-electron chi connectivity index (χ1n) is 4.90. The molecule has 0 bridgehead atoms. The van der Waals surface area contributed by atoms with Gasteiger partial charge in [-0.3, -0.25) is 0 Å². The highest BCUT2D eigenvalue weighted by molar-refractivity contribution is 5.37. The normalized spacial score (nSPS) is 12.5. The quantitative estimate of drug-likeness (QED) is 0.778. The Morgan fingerprint density at radius 2 is 2.27 bits per heavy atom. The second-order valence-corrected chi connectivity index (χ2v) is 3.24. The molecule has 0 saturated carbocycles. The molecule has 3 nitrogen and oxygen atoms in total.